The van der Waals surface area contributed by atoms with Gasteiger partial charge in [0.05, 0.1) is 16.2 Å². The minimum absolute atomic E-state index is 0.292. The Morgan fingerprint density at radius 3 is 2.89 bits per heavy atom. The van der Waals surface area contributed by atoms with E-state index in [1.54, 1.807) is 16.9 Å². The van der Waals surface area contributed by atoms with E-state index < -0.39 is 0 Å². The smallest absolute Gasteiger partial charge is 0.154 e. The third-order valence-electron chi connectivity index (χ3n) is 2.70. The van der Waals surface area contributed by atoms with Crippen LogP contribution in [0.15, 0.2) is 41.0 Å². The van der Waals surface area contributed by atoms with E-state index in [1.165, 1.54) is 6.07 Å². The third kappa shape index (κ3) is 1.80. The van der Waals surface area contributed by atoms with Crippen molar-refractivity contribution in [1.82, 2.24) is 14.8 Å². The maximum atomic E-state index is 13.4. The van der Waals surface area contributed by atoms with Crippen molar-refractivity contribution < 1.29 is 4.39 Å². The fraction of sp³-hybridized carbons (Fsp3) is 0.0769. The van der Waals surface area contributed by atoms with Gasteiger partial charge in [-0.2, -0.15) is 5.10 Å². The van der Waals surface area contributed by atoms with Crippen LogP contribution in [0.1, 0.15) is 5.69 Å². The van der Waals surface area contributed by atoms with E-state index >= 15 is 0 Å². The molecule has 3 rings (SSSR count). The molecule has 0 aliphatic carbocycles. The molecule has 18 heavy (non-hydrogen) atoms. The average Bonchev–Trinajstić information content (AvgIpc) is 2.73. The van der Waals surface area contributed by atoms with Gasteiger partial charge >= 0.3 is 0 Å². The van der Waals surface area contributed by atoms with Gasteiger partial charge < -0.3 is 0 Å². The fourth-order valence-electron chi connectivity index (χ4n) is 1.85. The first-order chi connectivity index (χ1) is 8.65. The number of hydrogen-bond donors (Lipinski definition) is 0. The molecular formula is C13H9BrFN3. The average molecular weight is 306 g/mol. The van der Waals surface area contributed by atoms with Gasteiger partial charge in [-0.3, -0.25) is 0 Å². The lowest BCUT2D eigenvalue weighted by atomic mass is 10.2. The van der Waals surface area contributed by atoms with Crippen LogP contribution in [0.3, 0.4) is 0 Å². The number of fused-ring (bicyclic) bond motifs is 1. The van der Waals surface area contributed by atoms with Crippen LogP contribution in [0.2, 0.25) is 0 Å². The molecule has 1 aromatic carbocycles. The third-order valence-corrected chi connectivity index (χ3v) is 3.31. The second-order valence-electron chi connectivity index (χ2n) is 4.02. The van der Waals surface area contributed by atoms with Crippen LogP contribution in [0.4, 0.5) is 4.39 Å². The molecule has 0 aliphatic rings. The van der Waals surface area contributed by atoms with Gasteiger partial charge in [0.1, 0.15) is 5.82 Å². The molecule has 0 saturated carbocycles. The highest BCUT2D eigenvalue weighted by Gasteiger charge is 2.09. The normalized spacial score (nSPS) is 11.1. The summed E-state index contributed by atoms with van der Waals surface area (Å²) < 4.78 is 15.5. The molecule has 0 fully saturated rings. The van der Waals surface area contributed by atoms with Crippen molar-refractivity contribution in [2.75, 3.05) is 0 Å². The minimum Gasteiger partial charge on any atom is -0.234 e. The molecule has 0 saturated heterocycles. The number of nitrogens with zero attached hydrogens (tertiary/aromatic N) is 3. The molecule has 3 nitrogen and oxygen atoms in total. The van der Waals surface area contributed by atoms with Gasteiger partial charge in [0.25, 0.3) is 0 Å². The molecule has 0 amide bonds. The van der Waals surface area contributed by atoms with Crippen LogP contribution in [0.25, 0.3) is 16.7 Å². The molecule has 0 atom stereocenters. The molecule has 2 aromatic heterocycles. The van der Waals surface area contributed by atoms with E-state index in [9.17, 15) is 4.39 Å². The number of rotatable bonds is 1. The van der Waals surface area contributed by atoms with Crippen LogP contribution in [-0.4, -0.2) is 14.8 Å². The zero-order chi connectivity index (χ0) is 12.7. The summed E-state index contributed by atoms with van der Waals surface area (Å²) in [4.78, 5) is 4.41. The van der Waals surface area contributed by atoms with Crippen molar-refractivity contribution in [1.29, 1.82) is 0 Å². The molecule has 2 heterocycles. The number of pyridine rings is 1. The first-order valence-corrected chi connectivity index (χ1v) is 6.21. The Labute approximate surface area is 111 Å². The topological polar surface area (TPSA) is 30.7 Å². The van der Waals surface area contributed by atoms with Crippen molar-refractivity contribution >= 4 is 26.8 Å². The SMILES string of the molecule is Cc1cccc(-n2ncc3cc(F)c(Br)cc32)n1. The van der Waals surface area contributed by atoms with Crippen molar-refractivity contribution in [2.24, 2.45) is 0 Å². The lowest BCUT2D eigenvalue weighted by molar-refractivity contribution is 0.623. The molecule has 0 unspecified atom stereocenters. The quantitative estimate of drug-likeness (QED) is 0.687. The van der Waals surface area contributed by atoms with E-state index in [4.69, 9.17) is 0 Å². The number of aryl methyl sites for hydroxylation is 1. The standard InChI is InChI=1S/C13H9BrFN3/c1-8-3-2-4-13(17-8)18-12-6-10(14)11(15)5-9(12)7-16-18/h2-7H,1H3. The first-order valence-electron chi connectivity index (χ1n) is 5.42. The molecule has 0 aliphatic heterocycles. The molecular weight excluding hydrogens is 297 g/mol. The largest absolute Gasteiger partial charge is 0.234 e. The maximum Gasteiger partial charge on any atom is 0.154 e. The van der Waals surface area contributed by atoms with Gasteiger partial charge in [-0.05, 0) is 47.1 Å². The highest BCUT2D eigenvalue weighted by Crippen LogP contribution is 2.24. The lowest BCUT2D eigenvalue weighted by Crippen LogP contribution is -2.00. The minimum atomic E-state index is -0.292. The highest BCUT2D eigenvalue weighted by molar-refractivity contribution is 9.10. The Hall–Kier alpha value is -1.75. The van der Waals surface area contributed by atoms with Crippen LogP contribution < -0.4 is 0 Å². The van der Waals surface area contributed by atoms with Gasteiger partial charge in [-0.1, -0.05) is 6.07 Å². The van der Waals surface area contributed by atoms with Crippen molar-refractivity contribution in [3.05, 3.63) is 52.5 Å². The monoisotopic (exact) mass is 305 g/mol. The van der Waals surface area contributed by atoms with E-state index in [0.29, 0.717) is 4.47 Å². The van der Waals surface area contributed by atoms with Crippen LogP contribution >= 0.6 is 15.9 Å². The summed E-state index contributed by atoms with van der Waals surface area (Å²) in [5.41, 5.74) is 1.73. The van der Waals surface area contributed by atoms with Crippen LogP contribution in [-0.2, 0) is 0 Å². The van der Waals surface area contributed by atoms with Gasteiger partial charge in [0.2, 0.25) is 0 Å². The highest BCUT2D eigenvalue weighted by atomic mass is 79.9. The molecule has 3 aromatic rings. The maximum absolute atomic E-state index is 13.4. The van der Waals surface area contributed by atoms with Gasteiger partial charge in [0, 0.05) is 11.1 Å². The Balaban J connectivity index is 2.27. The predicted molar refractivity (Wildman–Crippen MR) is 71.3 cm³/mol. The number of aromatic nitrogens is 3. The van der Waals surface area contributed by atoms with Gasteiger partial charge in [0.15, 0.2) is 5.82 Å². The predicted octanol–water partition coefficient (Wildman–Crippen LogP) is 3.63. The summed E-state index contributed by atoms with van der Waals surface area (Å²) in [5.74, 6) is 0.433. The van der Waals surface area contributed by atoms with E-state index in [-0.39, 0.29) is 5.82 Å². The Bertz CT molecular complexity index is 736. The molecule has 5 heteroatoms. The molecule has 90 valence electrons. The lowest BCUT2D eigenvalue weighted by Gasteiger charge is -2.04. The summed E-state index contributed by atoms with van der Waals surface area (Å²) in [6.45, 7) is 1.92. The molecule has 0 spiro atoms. The zero-order valence-corrected chi connectivity index (χ0v) is 11.1. The number of hydrogen-bond acceptors (Lipinski definition) is 2. The van der Waals surface area contributed by atoms with Gasteiger partial charge in [-0.15, -0.1) is 0 Å². The summed E-state index contributed by atoms with van der Waals surface area (Å²) in [6, 6.07) is 8.88. The molecule has 0 N–H and O–H groups in total. The van der Waals surface area contributed by atoms with Gasteiger partial charge in [-0.25, -0.2) is 14.1 Å². The van der Waals surface area contributed by atoms with Crippen molar-refractivity contribution in [3.63, 3.8) is 0 Å². The van der Waals surface area contributed by atoms with E-state index in [0.717, 1.165) is 22.4 Å². The van der Waals surface area contributed by atoms with Crippen LogP contribution in [0, 0.1) is 12.7 Å². The van der Waals surface area contributed by atoms with E-state index in [2.05, 4.69) is 26.0 Å². The summed E-state index contributed by atoms with van der Waals surface area (Å²) >= 11 is 3.19. The fourth-order valence-corrected chi connectivity index (χ4v) is 2.18. The molecule has 0 bridgehead atoms. The zero-order valence-electron chi connectivity index (χ0n) is 9.56. The van der Waals surface area contributed by atoms with Crippen LogP contribution in [0.5, 0.6) is 0 Å². The summed E-state index contributed by atoms with van der Waals surface area (Å²) in [6.07, 6.45) is 1.63. The Morgan fingerprint density at radius 2 is 2.11 bits per heavy atom. The second kappa shape index (κ2) is 4.17. The molecule has 0 radical (unpaired) electrons. The number of benzene rings is 1. The van der Waals surface area contributed by atoms with Crippen molar-refractivity contribution in [3.8, 4) is 5.82 Å². The Kier molecular flexibility index (Phi) is 2.63. The first kappa shape index (κ1) is 11.3. The van der Waals surface area contributed by atoms with E-state index in [1.807, 2.05) is 25.1 Å². The Morgan fingerprint density at radius 1 is 1.28 bits per heavy atom. The summed E-state index contributed by atoms with van der Waals surface area (Å²) in [5, 5.41) is 5.00. The number of halogens is 2. The second-order valence-corrected chi connectivity index (χ2v) is 4.87. The summed E-state index contributed by atoms with van der Waals surface area (Å²) in [7, 11) is 0. The van der Waals surface area contributed by atoms with Crippen molar-refractivity contribution in [2.45, 2.75) is 6.92 Å².